The smallest absolute Gasteiger partial charge is 0.224 e. The second-order valence-electron chi connectivity index (χ2n) is 7.44. The summed E-state index contributed by atoms with van der Waals surface area (Å²) in [5.41, 5.74) is 1.94. The lowest BCUT2D eigenvalue weighted by Gasteiger charge is -2.16. The lowest BCUT2D eigenvalue weighted by molar-refractivity contribution is -0.121. The van der Waals surface area contributed by atoms with Crippen LogP contribution in [0.2, 0.25) is 0 Å². The van der Waals surface area contributed by atoms with Gasteiger partial charge in [0.1, 0.15) is 0 Å². The molecule has 1 atom stereocenters. The number of carbonyl (C=O) groups is 1. The van der Waals surface area contributed by atoms with E-state index in [1.807, 2.05) is 38.1 Å². The van der Waals surface area contributed by atoms with Gasteiger partial charge in [-0.05, 0) is 49.4 Å². The Morgan fingerprint density at radius 2 is 2.06 bits per heavy atom. The molecule has 31 heavy (non-hydrogen) atoms. The number of carbonyl (C=O) groups excluding carboxylic acids is 1. The predicted octanol–water partition coefficient (Wildman–Crippen LogP) is 3.87. The van der Waals surface area contributed by atoms with Gasteiger partial charge in [0.2, 0.25) is 5.91 Å². The number of anilines is 1. The van der Waals surface area contributed by atoms with Crippen molar-refractivity contribution in [3.05, 3.63) is 47.3 Å². The van der Waals surface area contributed by atoms with E-state index in [2.05, 4.69) is 37.9 Å². The van der Waals surface area contributed by atoms with Gasteiger partial charge in [-0.15, -0.1) is 11.3 Å². The van der Waals surface area contributed by atoms with Crippen molar-refractivity contribution in [1.82, 2.24) is 15.5 Å². The van der Waals surface area contributed by atoms with Gasteiger partial charge in [-0.1, -0.05) is 12.1 Å². The molecule has 0 aliphatic carbocycles. The third-order valence-corrected chi connectivity index (χ3v) is 6.10. The SMILES string of the molecule is CCOc1ccc(CC(=O)N[C@H]2CCN(c3cc(-c4cccs4)[nH]n3)C2)cc1OCC. The van der Waals surface area contributed by atoms with Gasteiger partial charge in [-0.3, -0.25) is 9.89 Å². The summed E-state index contributed by atoms with van der Waals surface area (Å²) < 4.78 is 11.3. The highest BCUT2D eigenvalue weighted by molar-refractivity contribution is 7.13. The Balaban J connectivity index is 1.32. The Bertz CT molecular complexity index is 1000. The van der Waals surface area contributed by atoms with Gasteiger partial charge in [-0.2, -0.15) is 5.10 Å². The maximum Gasteiger partial charge on any atom is 0.224 e. The normalized spacial score (nSPS) is 15.8. The van der Waals surface area contributed by atoms with Crippen molar-refractivity contribution >= 4 is 23.1 Å². The molecule has 1 aromatic carbocycles. The zero-order valence-electron chi connectivity index (χ0n) is 17.9. The number of amides is 1. The van der Waals surface area contributed by atoms with Crippen molar-refractivity contribution in [2.45, 2.75) is 32.7 Å². The van der Waals surface area contributed by atoms with Crippen LogP contribution in [0.5, 0.6) is 11.5 Å². The van der Waals surface area contributed by atoms with E-state index in [0.29, 0.717) is 31.1 Å². The molecule has 2 aromatic heterocycles. The molecule has 3 heterocycles. The van der Waals surface area contributed by atoms with Crippen LogP contribution >= 0.6 is 11.3 Å². The Labute approximate surface area is 186 Å². The van der Waals surface area contributed by atoms with Crippen molar-refractivity contribution in [2.75, 3.05) is 31.2 Å². The molecule has 1 fully saturated rings. The minimum absolute atomic E-state index is 0.0137. The number of aromatic nitrogens is 2. The number of hydrogen-bond acceptors (Lipinski definition) is 6. The molecule has 2 N–H and O–H groups in total. The molecule has 1 amide bonds. The van der Waals surface area contributed by atoms with Gasteiger partial charge in [0.15, 0.2) is 17.3 Å². The minimum atomic E-state index is 0.0137. The number of nitrogens with one attached hydrogen (secondary N) is 2. The molecular weight excluding hydrogens is 412 g/mol. The van der Waals surface area contributed by atoms with Gasteiger partial charge in [-0.25, -0.2) is 0 Å². The highest BCUT2D eigenvalue weighted by atomic mass is 32.1. The van der Waals surface area contributed by atoms with E-state index >= 15 is 0 Å². The quantitative estimate of drug-likeness (QED) is 0.528. The molecule has 0 bridgehead atoms. The average Bonchev–Trinajstić information content (AvgIpc) is 3.51. The van der Waals surface area contributed by atoms with E-state index in [4.69, 9.17) is 9.47 Å². The molecule has 7 nitrogen and oxygen atoms in total. The number of hydrogen-bond donors (Lipinski definition) is 2. The molecule has 0 spiro atoms. The predicted molar refractivity (Wildman–Crippen MR) is 123 cm³/mol. The fourth-order valence-corrected chi connectivity index (χ4v) is 4.48. The summed E-state index contributed by atoms with van der Waals surface area (Å²) in [6, 6.07) is 12.0. The van der Waals surface area contributed by atoms with Crippen LogP contribution in [0.1, 0.15) is 25.8 Å². The Kier molecular flexibility index (Phi) is 6.76. The second-order valence-corrected chi connectivity index (χ2v) is 8.39. The molecule has 164 valence electrons. The van der Waals surface area contributed by atoms with Gasteiger partial charge < -0.3 is 19.7 Å². The van der Waals surface area contributed by atoms with Crippen LogP contribution in [0.15, 0.2) is 41.8 Å². The summed E-state index contributed by atoms with van der Waals surface area (Å²) in [5, 5.41) is 12.8. The van der Waals surface area contributed by atoms with Crippen LogP contribution in [0, 0.1) is 0 Å². The molecule has 0 unspecified atom stereocenters. The van der Waals surface area contributed by atoms with Crippen LogP contribution in [0.25, 0.3) is 10.6 Å². The van der Waals surface area contributed by atoms with Gasteiger partial charge in [0, 0.05) is 25.2 Å². The van der Waals surface area contributed by atoms with Crippen molar-refractivity contribution < 1.29 is 14.3 Å². The molecule has 0 radical (unpaired) electrons. The monoisotopic (exact) mass is 440 g/mol. The second kappa shape index (κ2) is 9.87. The van der Waals surface area contributed by atoms with E-state index in [1.54, 1.807) is 11.3 Å². The molecule has 0 saturated carbocycles. The van der Waals surface area contributed by atoms with Gasteiger partial charge in [0.25, 0.3) is 0 Å². The minimum Gasteiger partial charge on any atom is -0.490 e. The van der Waals surface area contributed by atoms with Crippen molar-refractivity contribution in [2.24, 2.45) is 0 Å². The highest BCUT2D eigenvalue weighted by Gasteiger charge is 2.26. The average molecular weight is 441 g/mol. The maximum atomic E-state index is 12.6. The van der Waals surface area contributed by atoms with E-state index in [0.717, 1.165) is 36.6 Å². The summed E-state index contributed by atoms with van der Waals surface area (Å²) in [5.74, 6) is 2.33. The van der Waals surface area contributed by atoms with Crippen molar-refractivity contribution in [3.63, 3.8) is 0 Å². The van der Waals surface area contributed by atoms with Crippen molar-refractivity contribution in [3.8, 4) is 22.1 Å². The first-order chi connectivity index (χ1) is 15.2. The fourth-order valence-electron chi connectivity index (χ4n) is 3.79. The molecule has 1 saturated heterocycles. The van der Waals surface area contributed by atoms with Crippen LogP contribution < -0.4 is 19.7 Å². The summed E-state index contributed by atoms with van der Waals surface area (Å²) >= 11 is 1.69. The largest absolute Gasteiger partial charge is 0.490 e. The number of H-pyrrole nitrogens is 1. The molecular formula is C23H28N4O3S. The maximum absolute atomic E-state index is 12.6. The summed E-state index contributed by atoms with van der Waals surface area (Å²) in [6.07, 6.45) is 1.22. The van der Waals surface area contributed by atoms with E-state index in [9.17, 15) is 4.79 Å². The zero-order chi connectivity index (χ0) is 21.6. The first-order valence-corrected chi connectivity index (χ1v) is 11.6. The zero-order valence-corrected chi connectivity index (χ0v) is 18.7. The van der Waals surface area contributed by atoms with Crippen LogP contribution in [0.3, 0.4) is 0 Å². The molecule has 3 aromatic rings. The topological polar surface area (TPSA) is 79.5 Å². The Hall–Kier alpha value is -3.00. The number of benzene rings is 1. The van der Waals surface area contributed by atoms with E-state index < -0.39 is 0 Å². The standard InChI is InChI=1S/C23H28N4O3S/c1-3-29-19-8-7-16(12-20(19)30-4-2)13-23(28)24-17-9-10-27(15-17)22-14-18(25-26-22)21-6-5-11-31-21/h5-8,11-12,14,17H,3-4,9-10,13,15H2,1-2H3,(H,24,28)(H,25,26)/t17-/m0/s1. The van der Waals surface area contributed by atoms with Crippen LogP contribution in [-0.2, 0) is 11.2 Å². The lowest BCUT2D eigenvalue weighted by atomic mass is 10.1. The Morgan fingerprint density at radius 1 is 1.23 bits per heavy atom. The summed E-state index contributed by atoms with van der Waals surface area (Å²) in [7, 11) is 0. The third-order valence-electron chi connectivity index (χ3n) is 5.20. The van der Waals surface area contributed by atoms with E-state index in [1.165, 1.54) is 4.88 Å². The lowest BCUT2D eigenvalue weighted by Crippen LogP contribution is -2.38. The van der Waals surface area contributed by atoms with Gasteiger partial charge >= 0.3 is 0 Å². The first-order valence-electron chi connectivity index (χ1n) is 10.7. The van der Waals surface area contributed by atoms with Gasteiger partial charge in [0.05, 0.1) is 30.2 Å². The third kappa shape index (κ3) is 5.19. The molecule has 8 heteroatoms. The van der Waals surface area contributed by atoms with Crippen LogP contribution in [-0.4, -0.2) is 48.4 Å². The molecule has 1 aliphatic rings. The number of nitrogens with zero attached hydrogens (tertiary/aromatic N) is 2. The van der Waals surface area contributed by atoms with Crippen molar-refractivity contribution in [1.29, 1.82) is 0 Å². The Morgan fingerprint density at radius 3 is 2.84 bits per heavy atom. The number of rotatable bonds is 9. The molecule has 1 aliphatic heterocycles. The summed E-state index contributed by atoms with van der Waals surface area (Å²) in [4.78, 5) is 16.0. The fraction of sp³-hybridized carbons (Fsp3) is 0.391. The summed E-state index contributed by atoms with van der Waals surface area (Å²) in [6.45, 7) is 6.63. The number of aromatic amines is 1. The number of thiophene rings is 1. The first kappa shape index (κ1) is 21.2. The van der Waals surface area contributed by atoms with Crippen LogP contribution in [0.4, 0.5) is 5.82 Å². The highest BCUT2D eigenvalue weighted by Crippen LogP contribution is 2.29. The van der Waals surface area contributed by atoms with E-state index in [-0.39, 0.29) is 11.9 Å². The number of ether oxygens (including phenoxy) is 2. The molecule has 4 rings (SSSR count).